The topological polar surface area (TPSA) is 65.4 Å². The van der Waals surface area contributed by atoms with Crippen LogP contribution < -0.4 is 10.1 Å². The molecule has 0 aliphatic heterocycles. The molecule has 2 aromatic carbocycles. The van der Waals surface area contributed by atoms with Crippen LogP contribution in [-0.4, -0.2) is 37.6 Å². The first kappa shape index (κ1) is 20.5. The van der Waals surface area contributed by atoms with E-state index < -0.39 is 6.10 Å². The molecule has 0 aliphatic rings. The van der Waals surface area contributed by atoms with Crippen LogP contribution in [0.3, 0.4) is 0 Å². The van der Waals surface area contributed by atoms with Crippen molar-refractivity contribution in [3.8, 4) is 11.8 Å². The van der Waals surface area contributed by atoms with Crippen molar-refractivity contribution < 1.29 is 9.53 Å². The summed E-state index contributed by atoms with van der Waals surface area (Å²) in [4.78, 5) is 14.9. The molecule has 0 radical (unpaired) electrons. The highest BCUT2D eigenvalue weighted by Gasteiger charge is 2.26. The Morgan fingerprint density at radius 1 is 1.11 bits per heavy atom. The molecular weight excluding hydrogens is 338 g/mol. The number of hydrogen-bond donors (Lipinski definition) is 1. The summed E-state index contributed by atoms with van der Waals surface area (Å²) in [5, 5.41) is 12.2. The van der Waals surface area contributed by atoms with Gasteiger partial charge in [0.1, 0.15) is 11.8 Å². The van der Waals surface area contributed by atoms with Crippen LogP contribution in [0.2, 0.25) is 0 Å². The second kappa shape index (κ2) is 9.75. The maximum atomic E-state index is 12.8. The molecule has 2 unspecified atom stereocenters. The number of hydrogen-bond acceptors (Lipinski definition) is 4. The highest BCUT2D eigenvalue weighted by Crippen LogP contribution is 2.21. The first-order valence-corrected chi connectivity index (χ1v) is 9.09. The van der Waals surface area contributed by atoms with E-state index in [4.69, 9.17) is 4.74 Å². The van der Waals surface area contributed by atoms with E-state index >= 15 is 0 Å². The van der Waals surface area contributed by atoms with Gasteiger partial charge in [0.25, 0.3) is 5.91 Å². The lowest BCUT2D eigenvalue weighted by Gasteiger charge is -2.27. The van der Waals surface area contributed by atoms with Gasteiger partial charge < -0.3 is 15.0 Å². The summed E-state index contributed by atoms with van der Waals surface area (Å²) in [6.07, 6.45) is -0.668. The van der Waals surface area contributed by atoms with Gasteiger partial charge in [-0.25, -0.2) is 0 Å². The minimum absolute atomic E-state index is 0.0359. The summed E-state index contributed by atoms with van der Waals surface area (Å²) >= 11 is 0. The van der Waals surface area contributed by atoms with E-state index in [0.29, 0.717) is 17.9 Å². The first-order chi connectivity index (χ1) is 12.9. The summed E-state index contributed by atoms with van der Waals surface area (Å²) in [5.74, 6) is 0.216. The third kappa shape index (κ3) is 5.57. The number of benzene rings is 2. The highest BCUT2D eigenvalue weighted by molar-refractivity contribution is 5.81. The lowest BCUT2D eigenvalue weighted by molar-refractivity contribution is -0.130. The zero-order valence-electron chi connectivity index (χ0n) is 16.3. The van der Waals surface area contributed by atoms with Crippen molar-refractivity contribution in [2.75, 3.05) is 20.6 Å². The monoisotopic (exact) mass is 365 g/mol. The number of nitriles is 1. The molecule has 2 atom stereocenters. The van der Waals surface area contributed by atoms with Crippen LogP contribution in [-0.2, 0) is 4.79 Å². The second-order valence-corrected chi connectivity index (χ2v) is 7.03. The maximum Gasteiger partial charge on any atom is 0.261 e. The van der Waals surface area contributed by atoms with Gasteiger partial charge in [-0.3, -0.25) is 4.79 Å². The molecule has 0 spiro atoms. The molecule has 0 aromatic heterocycles. The number of para-hydroxylation sites is 1. The van der Waals surface area contributed by atoms with Gasteiger partial charge in [-0.1, -0.05) is 56.3 Å². The van der Waals surface area contributed by atoms with Crippen molar-refractivity contribution in [1.82, 2.24) is 10.2 Å². The van der Waals surface area contributed by atoms with Crippen molar-refractivity contribution in [1.29, 1.82) is 5.26 Å². The molecule has 0 aliphatic carbocycles. The molecule has 0 fully saturated rings. The predicted octanol–water partition coefficient (Wildman–Crippen LogP) is 3.38. The van der Waals surface area contributed by atoms with Crippen LogP contribution in [0.25, 0.3) is 0 Å². The first-order valence-electron chi connectivity index (χ1n) is 9.09. The van der Waals surface area contributed by atoms with E-state index in [2.05, 4.69) is 28.4 Å². The lowest BCUT2D eigenvalue weighted by atomic mass is 10.0. The average Bonchev–Trinajstić information content (AvgIpc) is 2.66. The summed E-state index contributed by atoms with van der Waals surface area (Å²) in [6, 6.07) is 19.2. The molecule has 142 valence electrons. The molecule has 1 N–H and O–H groups in total. The largest absolute Gasteiger partial charge is 0.479 e. The molecule has 5 nitrogen and oxygen atoms in total. The van der Waals surface area contributed by atoms with Crippen LogP contribution in [0.5, 0.6) is 5.75 Å². The van der Waals surface area contributed by atoms with Crippen molar-refractivity contribution in [2.45, 2.75) is 26.0 Å². The van der Waals surface area contributed by atoms with Gasteiger partial charge in [0.05, 0.1) is 11.6 Å². The molecule has 0 heterocycles. The molecule has 27 heavy (non-hydrogen) atoms. The number of amides is 1. The van der Waals surface area contributed by atoms with Gasteiger partial charge in [-0.05, 0) is 37.7 Å². The number of likely N-dealkylation sites (N-methyl/N-ethyl adjacent to an activating group) is 1. The maximum absolute atomic E-state index is 12.8. The minimum Gasteiger partial charge on any atom is -0.479 e. The fourth-order valence-electron chi connectivity index (χ4n) is 2.86. The van der Waals surface area contributed by atoms with Gasteiger partial charge in [0.2, 0.25) is 0 Å². The molecule has 0 saturated heterocycles. The highest BCUT2D eigenvalue weighted by atomic mass is 16.5. The van der Waals surface area contributed by atoms with E-state index in [9.17, 15) is 10.1 Å². The zero-order valence-corrected chi connectivity index (χ0v) is 16.3. The van der Waals surface area contributed by atoms with Crippen LogP contribution in [0.1, 0.15) is 31.0 Å². The quantitative estimate of drug-likeness (QED) is 0.779. The van der Waals surface area contributed by atoms with E-state index in [0.717, 1.165) is 5.56 Å². The third-order valence-electron chi connectivity index (χ3n) is 4.40. The Hall–Kier alpha value is -2.84. The second-order valence-electron chi connectivity index (χ2n) is 7.03. The Kier molecular flexibility index (Phi) is 7.39. The fraction of sp³-hybridized carbons (Fsp3) is 0.364. The zero-order chi connectivity index (χ0) is 19.8. The Morgan fingerprint density at radius 3 is 2.33 bits per heavy atom. The Labute approximate surface area is 161 Å². The molecule has 0 bridgehead atoms. The molecule has 1 amide bonds. The van der Waals surface area contributed by atoms with E-state index in [1.165, 1.54) is 0 Å². The fourth-order valence-corrected chi connectivity index (χ4v) is 2.86. The van der Waals surface area contributed by atoms with Crippen molar-refractivity contribution >= 4 is 5.91 Å². The van der Waals surface area contributed by atoms with Gasteiger partial charge in [-0.2, -0.15) is 5.26 Å². The third-order valence-corrected chi connectivity index (χ3v) is 4.40. The van der Waals surface area contributed by atoms with E-state index in [1.807, 2.05) is 46.1 Å². The van der Waals surface area contributed by atoms with Crippen LogP contribution >= 0.6 is 0 Å². The van der Waals surface area contributed by atoms with E-state index in [1.54, 1.807) is 24.3 Å². The average molecular weight is 365 g/mol. The van der Waals surface area contributed by atoms with Crippen LogP contribution in [0, 0.1) is 17.2 Å². The van der Waals surface area contributed by atoms with Crippen LogP contribution in [0.4, 0.5) is 0 Å². The molecule has 2 aromatic rings. The SMILES string of the molecule is CC(C)C(Oc1ccccc1C#N)C(=O)NCC(c1ccccc1)N(C)C. The molecule has 2 rings (SSSR count). The van der Waals surface area contributed by atoms with E-state index in [-0.39, 0.29) is 17.9 Å². The number of carbonyl (C=O) groups excluding carboxylic acids is 1. The smallest absolute Gasteiger partial charge is 0.261 e. The standard InChI is InChI=1S/C22H27N3O2/c1-16(2)21(27-20-13-9-8-12-18(20)14-23)22(26)24-15-19(25(3)4)17-10-6-5-7-11-17/h5-13,16,19,21H,15H2,1-4H3,(H,24,26). The lowest BCUT2D eigenvalue weighted by Crippen LogP contribution is -2.44. The summed E-state index contributed by atoms with van der Waals surface area (Å²) in [7, 11) is 3.98. The van der Waals surface area contributed by atoms with Crippen molar-refractivity contribution in [2.24, 2.45) is 5.92 Å². The van der Waals surface area contributed by atoms with Crippen molar-refractivity contribution in [3.05, 3.63) is 65.7 Å². The Balaban J connectivity index is 2.09. The molecule has 0 saturated carbocycles. The summed E-state index contributed by atoms with van der Waals surface area (Å²) in [5.41, 5.74) is 1.56. The number of nitrogens with zero attached hydrogens (tertiary/aromatic N) is 2. The van der Waals surface area contributed by atoms with Gasteiger partial charge in [0, 0.05) is 6.54 Å². The predicted molar refractivity (Wildman–Crippen MR) is 106 cm³/mol. The Morgan fingerprint density at radius 2 is 1.74 bits per heavy atom. The molecule has 5 heteroatoms. The van der Waals surface area contributed by atoms with Gasteiger partial charge in [0.15, 0.2) is 6.10 Å². The number of ether oxygens (including phenoxy) is 1. The van der Waals surface area contributed by atoms with Gasteiger partial charge >= 0.3 is 0 Å². The summed E-state index contributed by atoms with van der Waals surface area (Å²) in [6.45, 7) is 4.34. The van der Waals surface area contributed by atoms with Crippen LogP contribution in [0.15, 0.2) is 54.6 Å². The number of carbonyl (C=O) groups is 1. The molecular formula is C22H27N3O2. The minimum atomic E-state index is -0.668. The number of rotatable bonds is 8. The number of nitrogens with one attached hydrogen (secondary N) is 1. The Bertz CT molecular complexity index is 782. The normalized spacial score (nSPS) is 13.1. The summed E-state index contributed by atoms with van der Waals surface area (Å²) < 4.78 is 5.91. The van der Waals surface area contributed by atoms with Gasteiger partial charge in [-0.15, -0.1) is 0 Å². The van der Waals surface area contributed by atoms with Crippen molar-refractivity contribution in [3.63, 3.8) is 0 Å².